The quantitative estimate of drug-likeness (QED) is 0.149. The fraction of sp³-hybridized carbons (Fsp3) is 0.139. The number of aromatic nitrogens is 2. The van der Waals surface area contributed by atoms with Crippen molar-refractivity contribution < 1.29 is 23.7 Å². The molecule has 0 amide bonds. The van der Waals surface area contributed by atoms with Gasteiger partial charge in [0.2, 0.25) is 5.75 Å². The number of benzene rings is 4. The van der Waals surface area contributed by atoms with Crippen LogP contribution in [0.5, 0.6) is 28.7 Å². The molecule has 2 heterocycles. The van der Waals surface area contributed by atoms with Gasteiger partial charge in [-0.15, -0.1) is 0 Å². The molecule has 0 saturated heterocycles. The topological polar surface area (TPSA) is 63.5 Å². The number of hydrogen-bond donors (Lipinski definition) is 0. The number of halogens is 1. The van der Waals surface area contributed by atoms with E-state index in [-0.39, 0.29) is 0 Å². The molecule has 9 heteroatoms. The van der Waals surface area contributed by atoms with Gasteiger partial charge < -0.3 is 23.7 Å². The van der Waals surface area contributed by atoms with E-state index in [0.717, 1.165) is 60.7 Å². The highest BCUT2D eigenvalue weighted by molar-refractivity contribution is 7.21. The lowest BCUT2D eigenvalue weighted by Crippen LogP contribution is -1.96. The molecule has 0 N–H and O–H groups in total. The van der Waals surface area contributed by atoms with Crippen LogP contribution in [0.25, 0.3) is 50.1 Å². The second-order valence-electron chi connectivity index (χ2n) is 10.0. The van der Waals surface area contributed by atoms with E-state index in [2.05, 4.69) is 28.7 Å². The average molecular weight is 639 g/mol. The van der Waals surface area contributed by atoms with E-state index in [0.29, 0.717) is 22.3 Å². The summed E-state index contributed by atoms with van der Waals surface area (Å²) in [6, 6.07) is 27.7. The Morgan fingerprint density at radius 3 is 1.96 bits per heavy atom. The molecule has 0 aliphatic rings. The molecule has 7 nitrogen and oxygen atoms in total. The number of nitrogens with zero attached hydrogens (tertiary/aromatic N) is 2. The molecule has 45 heavy (non-hydrogen) atoms. The molecule has 0 spiro atoms. The van der Waals surface area contributed by atoms with Crippen LogP contribution in [0.15, 0.2) is 84.9 Å². The van der Waals surface area contributed by atoms with Crippen molar-refractivity contribution in [2.75, 3.05) is 35.5 Å². The summed E-state index contributed by atoms with van der Waals surface area (Å²) < 4.78 is 30.0. The molecule has 0 saturated carbocycles. The molecule has 0 aliphatic heterocycles. The molecule has 0 unspecified atom stereocenters. The van der Waals surface area contributed by atoms with Crippen molar-refractivity contribution in [2.24, 2.45) is 0 Å². The van der Waals surface area contributed by atoms with Gasteiger partial charge in [0.05, 0.1) is 57.5 Å². The van der Waals surface area contributed by atoms with Gasteiger partial charge in [0.25, 0.3) is 0 Å². The van der Waals surface area contributed by atoms with Crippen LogP contribution in [0.4, 0.5) is 0 Å². The van der Waals surface area contributed by atoms with E-state index in [9.17, 15) is 0 Å². The molecular formula is C36H31ClN2O5S. The maximum Gasteiger partial charge on any atom is 0.203 e. The highest BCUT2D eigenvalue weighted by Crippen LogP contribution is 2.44. The van der Waals surface area contributed by atoms with Gasteiger partial charge in [0.1, 0.15) is 11.5 Å². The zero-order valence-corrected chi connectivity index (χ0v) is 27.0. The molecule has 228 valence electrons. The molecule has 0 fully saturated rings. The van der Waals surface area contributed by atoms with Crippen LogP contribution in [0, 0.1) is 0 Å². The summed E-state index contributed by atoms with van der Waals surface area (Å²) in [5.41, 5.74) is 6.60. The predicted molar refractivity (Wildman–Crippen MR) is 183 cm³/mol. The smallest absolute Gasteiger partial charge is 0.203 e. The Hall–Kier alpha value is -4.92. The standard InChI is InChI=1S/C36H31ClN2O5S/c1-40-27-16-12-24(13-17-27)33-35(25-7-6-8-28(21-25)41-2)45-36-38-32(23-10-14-26(37)15-11-23)29(39(33)36)18-9-22-19-30(42-3)34(44-5)31(20-22)43-4/h6-21H,1-5H3/b18-9+. The fourth-order valence-corrected chi connectivity index (χ4v) is 6.53. The molecular weight excluding hydrogens is 608 g/mol. The minimum atomic E-state index is 0.535. The van der Waals surface area contributed by atoms with E-state index in [1.807, 2.05) is 72.8 Å². The molecule has 0 atom stereocenters. The predicted octanol–water partition coefficient (Wildman–Crippen LogP) is 9.26. The van der Waals surface area contributed by atoms with Crippen molar-refractivity contribution in [3.05, 3.63) is 101 Å². The molecule has 0 aliphatic carbocycles. The number of imidazole rings is 1. The lowest BCUT2D eigenvalue weighted by Gasteiger charge is -2.13. The molecule has 6 rings (SSSR count). The minimum absolute atomic E-state index is 0.535. The number of ether oxygens (including phenoxy) is 5. The number of fused-ring (bicyclic) bond motifs is 1. The van der Waals surface area contributed by atoms with Crippen molar-refractivity contribution in [1.29, 1.82) is 0 Å². The molecule has 6 aromatic rings. The van der Waals surface area contributed by atoms with Gasteiger partial charge in [0, 0.05) is 16.1 Å². The third-order valence-corrected chi connectivity index (χ3v) is 8.79. The number of hydrogen-bond acceptors (Lipinski definition) is 7. The van der Waals surface area contributed by atoms with Crippen LogP contribution in [0.1, 0.15) is 11.3 Å². The Morgan fingerprint density at radius 2 is 1.33 bits per heavy atom. The summed E-state index contributed by atoms with van der Waals surface area (Å²) in [5, 5.41) is 0.661. The van der Waals surface area contributed by atoms with Crippen molar-refractivity contribution in [3.63, 3.8) is 0 Å². The van der Waals surface area contributed by atoms with Crippen LogP contribution in [0.3, 0.4) is 0 Å². The first-order valence-corrected chi connectivity index (χ1v) is 15.3. The van der Waals surface area contributed by atoms with E-state index >= 15 is 0 Å². The fourth-order valence-electron chi connectivity index (χ4n) is 5.25. The number of rotatable bonds is 10. The number of methoxy groups -OCH3 is 5. The Morgan fingerprint density at radius 1 is 0.667 bits per heavy atom. The van der Waals surface area contributed by atoms with E-state index in [4.69, 9.17) is 40.3 Å². The van der Waals surface area contributed by atoms with Gasteiger partial charge >= 0.3 is 0 Å². The first kappa shape index (κ1) is 30.1. The minimum Gasteiger partial charge on any atom is -0.497 e. The van der Waals surface area contributed by atoms with Crippen molar-refractivity contribution in [3.8, 4) is 61.7 Å². The van der Waals surface area contributed by atoms with Crippen LogP contribution in [-0.4, -0.2) is 44.9 Å². The Bertz CT molecular complexity index is 1970. The van der Waals surface area contributed by atoms with Crippen LogP contribution in [-0.2, 0) is 0 Å². The second-order valence-corrected chi connectivity index (χ2v) is 11.4. The zero-order chi connectivity index (χ0) is 31.5. The molecule has 2 aromatic heterocycles. The lowest BCUT2D eigenvalue weighted by molar-refractivity contribution is 0.324. The van der Waals surface area contributed by atoms with Crippen molar-refractivity contribution in [1.82, 2.24) is 9.38 Å². The van der Waals surface area contributed by atoms with E-state index in [1.54, 1.807) is 46.9 Å². The van der Waals surface area contributed by atoms with Crippen LogP contribution >= 0.6 is 22.9 Å². The summed E-state index contributed by atoms with van der Waals surface area (Å²) in [6.07, 6.45) is 4.09. The van der Waals surface area contributed by atoms with E-state index < -0.39 is 0 Å². The lowest BCUT2D eigenvalue weighted by atomic mass is 10.0. The number of thiazole rings is 1. The highest BCUT2D eigenvalue weighted by Gasteiger charge is 2.23. The largest absolute Gasteiger partial charge is 0.497 e. The summed E-state index contributed by atoms with van der Waals surface area (Å²) >= 11 is 7.89. The van der Waals surface area contributed by atoms with Gasteiger partial charge in [-0.25, -0.2) is 4.98 Å². The summed E-state index contributed by atoms with van der Waals surface area (Å²) in [5.74, 6) is 3.24. The van der Waals surface area contributed by atoms with Gasteiger partial charge in [-0.2, -0.15) is 0 Å². The molecule has 0 bridgehead atoms. The summed E-state index contributed by atoms with van der Waals surface area (Å²) in [6.45, 7) is 0. The maximum absolute atomic E-state index is 6.27. The first-order chi connectivity index (χ1) is 22.0. The first-order valence-electron chi connectivity index (χ1n) is 14.1. The Labute approximate surface area is 270 Å². The molecule has 4 aromatic carbocycles. The van der Waals surface area contributed by atoms with Gasteiger partial charge in [0.15, 0.2) is 16.5 Å². The SMILES string of the molecule is COc1ccc(-c2c(-c3cccc(OC)c3)sc3nc(-c4ccc(Cl)cc4)c(/C=C/c4cc(OC)c(OC)c(OC)c4)n23)cc1. The third-order valence-electron chi connectivity index (χ3n) is 7.45. The zero-order valence-electron chi connectivity index (χ0n) is 25.5. The van der Waals surface area contributed by atoms with Crippen molar-refractivity contribution >= 4 is 40.1 Å². The van der Waals surface area contributed by atoms with Gasteiger partial charge in [-0.05, 0) is 77.9 Å². The highest BCUT2D eigenvalue weighted by atomic mass is 35.5. The monoisotopic (exact) mass is 638 g/mol. The second kappa shape index (κ2) is 13.0. The summed E-state index contributed by atoms with van der Waals surface area (Å²) in [7, 11) is 8.15. The van der Waals surface area contributed by atoms with Crippen molar-refractivity contribution in [2.45, 2.75) is 0 Å². The Kier molecular flexibility index (Phi) is 8.69. The average Bonchev–Trinajstić information content (AvgIpc) is 3.63. The summed E-state index contributed by atoms with van der Waals surface area (Å²) in [4.78, 5) is 7.09. The Balaban J connectivity index is 1.63. The van der Waals surface area contributed by atoms with Crippen LogP contribution in [0.2, 0.25) is 5.02 Å². The van der Waals surface area contributed by atoms with Gasteiger partial charge in [-0.1, -0.05) is 53.3 Å². The van der Waals surface area contributed by atoms with Crippen LogP contribution < -0.4 is 23.7 Å². The van der Waals surface area contributed by atoms with Gasteiger partial charge in [-0.3, -0.25) is 4.40 Å². The third kappa shape index (κ3) is 5.82. The maximum atomic E-state index is 6.27. The van der Waals surface area contributed by atoms with E-state index in [1.165, 1.54) is 0 Å². The molecule has 0 radical (unpaired) electrons. The normalized spacial score (nSPS) is 11.2.